The Labute approximate surface area is 297 Å². The van der Waals surface area contributed by atoms with Crippen LogP contribution in [0.5, 0.6) is 0 Å². The van der Waals surface area contributed by atoms with E-state index in [0.717, 1.165) is 64.2 Å². The van der Waals surface area contributed by atoms with E-state index in [0.29, 0.717) is 12.8 Å². The van der Waals surface area contributed by atoms with Crippen LogP contribution in [-0.4, -0.2) is 57.3 Å². The van der Waals surface area contributed by atoms with Crippen LogP contribution in [0.25, 0.3) is 0 Å². The van der Waals surface area contributed by atoms with Gasteiger partial charge in [0.05, 0.1) is 18.8 Å². The van der Waals surface area contributed by atoms with Gasteiger partial charge >= 0.3 is 0 Å². The third-order valence-corrected chi connectivity index (χ3v) is 9.69. The third-order valence-electron chi connectivity index (χ3n) is 9.69. The molecule has 0 aromatic carbocycles. The molecule has 0 aliphatic carbocycles. The molecule has 0 fully saturated rings. The minimum Gasteiger partial charge on any atom is -0.394 e. The number of amides is 1. The number of aliphatic hydroxyl groups excluding tert-OH is 4. The number of carbonyl (C=O) groups excluding carboxylic acids is 1. The van der Waals surface area contributed by atoms with Crippen LogP contribution in [0.15, 0.2) is 24.3 Å². The zero-order valence-corrected chi connectivity index (χ0v) is 31.7. The van der Waals surface area contributed by atoms with Crippen LogP contribution in [0.2, 0.25) is 0 Å². The first-order valence-electron chi connectivity index (χ1n) is 20.7. The minimum absolute atomic E-state index is 0.352. The molecule has 0 aliphatic heterocycles. The van der Waals surface area contributed by atoms with Gasteiger partial charge in [-0.05, 0) is 38.5 Å². The van der Waals surface area contributed by atoms with Crippen LogP contribution in [0.3, 0.4) is 0 Å². The van der Waals surface area contributed by atoms with Gasteiger partial charge in [-0.2, -0.15) is 0 Å². The summed E-state index contributed by atoms with van der Waals surface area (Å²) in [6.45, 7) is 4.01. The second-order valence-electron chi connectivity index (χ2n) is 14.4. The highest BCUT2D eigenvalue weighted by Crippen LogP contribution is 2.16. The molecule has 1 amide bonds. The molecule has 4 atom stereocenters. The zero-order chi connectivity index (χ0) is 35.3. The van der Waals surface area contributed by atoms with Crippen molar-refractivity contribution in [1.82, 2.24) is 5.32 Å². The van der Waals surface area contributed by atoms with Crippen molar-refractivity contribution in [3.63, 3.8) is 0 Å². The number of hydrogen-bond acceptors (Lipinski definition) is 5. The predicted molar refractivity (Wildman–Crippen MR) is 205 cm³/mol. The van der Waals surface area contributed by atoms with Gasteiger partial charge in [-0.1, -0.05) is 192 Å². The summed E-state index contributed by atoms with van der Waals surface area (Å²) in [5.41, 5.74) is 0. The topological polar surface area (TPSA) is 110 Å². The average Bonchev–Trinajstić information content (AvgIpc) is 3.09. The van der Waals surface area contributed by atoms with Crippen LogP contribution in [0.1, 0.15) is 206 Å². The molecule has 0 aliphatic rings. The van der Waals surface area contributed by atoms with E-state index >= 15 is 0 Å². The number of allylic oxidation sites excluding steroid dienone is 4. The molecule has 0 saturated heterocycles. The Hall–Kier alpha value is -1.21. The number of nitrogens with one attached hydrogen (secondary N) is 1. The largest absolute Gasteiger partial charge is 0.394 e. The van der Waals surface area contributed by atoms with Crippen LogP contribution < -0.4 is 5.32 Å². The first-order chi connectivity index (χ1) is 23.5. The summed E-state index contributed by atoms with van der Waals surface area (Å²) in [7, 11) is 0. The molecule has 284 valence electrons. The monoisotopic (exact) mass is 680 g/mol. The van der Waals surface area contributed by atoms with E-state index in [2.05, 4.69) is 43.5 Å². The van der Waals surface area contributed by atoms with E-state index < -0.39 is 36.9 Å². The van der Waals surface area contributed by atoms with Crippen molar-refractivity contribution in [2.45, 2.75) is 231 Å². The van der Waals surface area contributed by atoms with E-state index in [1.54, 1.807) is 0 Å². The summed E-state index contributed by atoms with van der Waals surface area (Å²) < 4.78 is 0. The maximum atomic E-state index is 12.5. The predicted octanol–water partition coefficient (Wildman–Crippen LogP) is 10.4. The molecule has 5 N–H and O–H groups in total. The molecule has 6 nitrogen and oxygen atoms in total. The highest BCUT2D eigenvalue weighted by Gasteiger charge is 2.28. The van der Waals surface area contributed by atoms with Crippen molar-refractivity contribution in [2.75, 3.05) is 6.61 Å². The Balaban J connectivity index is 3.77. The van der Waals surface area contributed by atoms with Gasteiger partial charge in [0.2, 0.25) is 5.91 Å². The van der Waals surface area contributed by atoms with Gasteiger partial charge in [0.25, 0.3) is 0 Å². The zero-order valence-electron chi connectivity index (χ0n) is 31.7. The number of aliphatic hydroxyl groups is 4. The lowest BCUT2D eigenvalue weighted by molar-refractivity contribution is -0.132. The van der Waals surface area contributed by atoms with Crippen molar-refractivity contribution in [3.8, 4) is 0 Å². The summed E-state index contributed by atoms with van der Waals surface area (Å²) in [6, 6.07) is -0.989. The second-order valence-corrected chi connectivity index (χ2v) is 14.4. The van der Waals surface area contributed by atoms with Gasteiger partial charge in [0.1, 0.15) is 12.2 Å². The summed E-state index contributed by atoms with van der Waals surface area (Å²) in [5, 5.41) is 43.6. The van der Waals surface area contributed by atoms with E-state index in [9.17, 15) is 25.2 Å². The van der Waals surface area contributed by atoms with Crippen molar-refractivity contribution >= 4 is 5.91 Å². The standard InChI is InChI=1S/C42H81NO5/c1-3-5-7-9-11-13-15-17-19-20-21-22-24-25-27-29-31-33-35-39(45)41(47)38(37-44)43-42(48)40(46)36-34-32-30-28-26-23-18-16-14-12-10-8-6-4-2/h12,14,16,18,38-41,44-47H,3-11,13,15,17,19-37H2,1-2H3,(H,43,48)/b14-12-,18-16-. The lowest BCUT2D eigenvalue weighted by Gasteiger charge is -2.27. The smallest absolute Gasteiger partial charge is 0.249 e. The molecular formula is C42H81NO5. The summed E-state index contributed by atoms with van der Waals surface area (Å²) in [6.07, 6.45) is 40.5. The fourth-order valence-electron chi connectivity index (χ4n) is 6.34. The van der Waals surface area contributed by atoms with E-state index in [4.69, 9.17) is 0 Å². The summed E-state index contributed by atoms with van der Waals surface area (Å²) in [4.78, 5) is 12.5. The number of unbranched alkanes of at least 4 members (excludes halogenated alkanes) is 25. The van der Waals surface area contributed by atoms with Gasteiger partial charge < -0.3 is 25.7 Å². The quantitative estimate of drug-likeness (QED) is 0.0332. The molecule has 0 spiro atoms. The molecule has 0 saturated carbocycles. The Morgan fingerprint density at radius 3 is 1.31 bits per heavy atom. The highest BCUT2D eigenvalue weighted by atomic mass is 16.3. The van der Waals surface area contributed by atoms with Crippen molar-refractivity contribution in [1.29, 1.82) is 0 Å². The fraction of sp³-hybridized carbons (Fsp3) is 0.881. The highest BCUT2D eigenvalue weighted by molar-refractivity contribution is 5.80. The van der Waals surface area contributed by atoms with Gasteiger partial charge in [-0.25, -0.2) is 0 Å². The number of carbonyl (C=O) groups is 1. The molecule has 0 aromatic rings. The van der Waals surface area contributed by atoms with Crippen LogP contribution in [0.4, 0.5) is 0 Å². The van der Waals surface area contributed by atoms with Gasteiger partial charge in [0.15, 0.2) is 0 Å². The first kappa shape index (κ1) is 46.8. The van der Waals surface area contributed by atoms with Crippen LogP contribution >= 0.6 is 0 Å². The number of rotatable bonds is 37. The molecule has 0 aromatic heterocycles. The van der Waals surface area contributed by atoms with Crippen molar-refractivity contribution in [2.24, 2.45) is 0 Å². The van der Waals surface area contributed by atoms with Gasteiger partial charge in [-0.3, -0.25) is 4.79 Å². The molecular weight excluding hydrogens is 598 g/mol. The number of hydrogen-bond donors (Lipinski definition) is 5. The van der Waals surface area contributed by atoms with E-state index in [1.165, 1.54) is 116 Å². The average molecular weight is 680 g/mol. The lowest BCUT2D eigenvalue weighted by atomic mass is 9.99. The Morgan fingerprint density at radius 2 is 0.875 bits per heavy atom. The Bertz CT molecular complexity index is 727. The second kappa shape index (κ2) is 37.1. The van der Waals surface area contributed by atoms with E-state index in [1.807, 2.05) is 0 Å². The molecule has 4 unspecified atom stereocenters. The molecule has 0 bridgehead atoms. The normalized spacial score (nSPS) is 14.5. The SMILES string of the molecule is CCCCC/C=C\C=C/CCCCCCCC(O)C(=O)NC(CO)C(O)C(O)CCCCCCCCCCCCCCCCCCCC. The Kier molecular flexibility index (Phi) is 36.1. The Morgan fingerprint density at radius 1 is 0.521 bits per heavy atom. The maximum Gasteiger partial charge on any atom is 0.249 e. The summed E-state index contributed by atoms with van der Waals surface area (Å²) >= 11 is 0. The van der Waals surface area contributed by atoms with E-state index in [-0.39, 0.29) is 0 Å². The third kappa shape index (κ3) is 30.8. The molecule has 0 radical (unpaired) electrons. The van der Waals surface area contributed by atoms with Gasteiger partial charge in [-0.15, -0.1) is 0 Å². The van der Waals surface area contributed by atoms with Crippen LogP contribution in [-0.2, 0) is 4.79 Å². The maximum absolute atomic E-state index is 12.5. The molecule has 0 heterocycles. The molecule has 48 heavy (non-hydrogen) atoms. The van der Waals surface area contributed by atoms with Crippen LogP contribution in [0, 0.1) is 0 Å². The fourth-order valence-corrected chi connectivity index (χ4v) is 6.34. The molecule has 6 heteroatoms. The van der Waals surface area contributed by atoms with Gasteiger partial charge in [0, 0.05) is 0 Å². The van der Waals surface area contributed by atoms with Crippen molar-refractivity contribution < 1.29 is 25.2 Å². The molecule has 0 rings (SSSR count). The lowest BCUT2D eigenvalue weighted by Crippen LogP contribution is -2.53. The first-order valence-corrected chi connectivity index (χ1v) is 20.7. The summed E-state index contributed by atoms with van der Waals surface area (Å²) in [5.74, 6) is -0.596. The minimum atomic E-state index is -1.26. The van der Waals surface area contributed by atoms with Crippen molar-refractivity contribution in [3.05, 3.63) is 24.3 Å².